The number of hydrogen-bond donors (Lipinski definition) is 1. The monoisotopic (exact) mass is 312 g/mol. The Kier molecular flexibility index (Phi) is 4.34. The molecule has 0 saturated carbocycles. The van der Waals surface area contributed by atoms with Gasteiger partial charge in [-0.15, -0.1) is 0 Å². The van der Waals surface area contributed by atoms with Crippen LogP contribution < -0.4 is 4.31 Å². The van der Waals surface area contributed by atoms with Crippen LogP contribution in [0.3, 0.4) is 0 Å². The van der Waals surface area contributed by atoms with Crippen molar-refractivity contribution in [2.75, 3.05) is 11.4 Å². The van der Waals surface area contributed by atoms with Gasteiger partial charge in [-0.05, 0) is 37.3 Å². The fourth-order valence-electron chi connectivity index (χ4n) is 2.04. The van der Waals surface area contributed by atoms with Crippen LogP contribution in [0.2, 0.25) is 0 Å². The number of anilines is 1. The molecule has 1 aromatic carbocycles. The summed E-state index contributed by atoms with van der Waals surface area (Å²) < 4.78 is 40.8. The normalized spacial score (nSPS) is 11.6. The number of sulfonamides is 1. The summed E-state index contributed by atoms with van der Waals surface area (Å²) in [6.45, 7) is 2.19. The van der Waals surface area contributed by atoms with Gasteiger partial charge >= 0.3 is 0 Å². The maximum absolute atomic E-state index is 12.9. The third-order valence-corrected chi connectivity index (χ3v) is 5.06. The number of nitrogens with zero attached hydrogens (tertiary/aromatic N) is 2. The third kappa shape index (κ3) is 2.93. The lowest BCUT2D eigenvalue weighted by Crippen LogP contribution is -2.26. The number of aliphatic hydroxyl groups is 1. The Morgan fingerprint density at radius 2 is 1.90 bits per heavy atom. The fraction of sp³-hybridized carbons (Fsp3) is 0.286. The summed E-state index contributed by atoms with van der Waals surface area (Å²) in [5.41, 5.74) is 0.898. The predicted molar refractivity (Wildman–Crippen MR) is 78.0 cm³/mol. The van der Waals surface area contributed by atoms with E-state index in [2.05, 4.69) is 0 Å². The van der Waals surface area contributed by atoms with Crippen LogP contribution in [0, 0.1) is 5.82 Å². The summed E-state index contributed by atoms with van der Waals surface area (Å²) in [5, 5.41) is 9.24. The molecule has 0 aliphatic rings. The van der Waals surface area contributed by atoms with Crippen LogP contribution in [-0.2, 0) is 23.2 Å². The largest absolute Gasteiger partial charge is 0.390 e. The zero-order valence-electron chi connectivity index (χ0n) is 11.8. The van der Waals surface area contributed by atoms with Gasteiger partial charge in [-0.3, -0.25) is 4.31 Å². The maximum Gasteiger partial charge on any atom is 0.265 e. The van der Waals surface area contributed by atoms with Crippen molar-refractivity contribution < 1.29 is 17.9 Å². The van der Waals surface area contributed by atoms with Crippen molar-refractivity contribution in [1.82, 2.24) is 4.57 Å². The van der Waals surface area contributed by atoms with Crippen LogP contribution in [0.15, 0.2) is 41.4 Å². The van der Waals surface area contributed by atoms with E-state index in [1.807, 2.05) is 6.92 Å². The Hall–Kier alpha value is -1.86. The molecule has 0 atom stereocenters. The molecule has 0 fully saturated rings. The summed E-state index contributed by atoms with van der Waals surface area (Å²) in [4.78, 5) is 0.0974. The molecular formula is C14H17FN2O3S. The van der Waals surface area contributed by atoms with Crippen LogP contribution >= 0.6 is 0 Å². The molecule has 114 valence electrons. The molecule has 5 nitrogen and oxygen atoms in total. The van der Waals surface area contributed by atoms with Gasteiger partial charge in [0.15, 0.2) is 0 Å². The van der Waals surface area contributed by atoms with Crippen molar-refractivity contribution in [3.8, 4) is 0 Å². The minimum absolute atomic E-state index is 0.0974. The number of hydrogen-bond acceptors (Lipinski definition) is 3. The predicted octanol–water partition coefficient (Wildman–Crippen LogP) is 1.96. The van der Waals surface area contributed by atoms with E-state index in [0.29, 0.717) is 17.9 Å². The lowest BCUT2D eigenvalue weighted by molar-refractivity contribution is 0.271. The molecule has 21 heavy (non-hydrogen) atoms. The Labute approximate surface area is 123 Å². The van der Waals surface area contributed by atoms with E-state index in [1.165, 1.54) is 43.6 Å². The molecule has 1 heterocycles. The van der Waals surface area contributed by atoms with Gasteiger partial charge in [0.25, 0.3) is 10.0 Å². The van der Waals surface area contributed by atoms with Gasteiger partial charge in [0, 0.05) is 25.5 Å². The number of aryl methyl sites for hydroxylation is 1. The number of aromatic nitrogens is 1. The molecule has 1 aromatic heterocycles. The molecule has 2 aromatic rings. The van der Waals surface area contributed by atoms with Crippen LogP contribution in [0.5, 0.6) is 0 Å². The quantitative estimate of drug-likeness (QED) is 0.918. The molecule has 2 rings (SSSR count). The van der Waals surface area contributed by atoms with Crippen LogP contribution in [-0.4, -0.2) is 25.1 Å². The van der Waals surface area contributed by atoms with Gasteiger partial charge < -0.3 is 9.67 Å². The SMILES string of the molecule is CCn1cc(S(=O)(=O)N(C)c2ccc(F)cc2)cc1CO. The highest BCUT2D eigenvalue weighted by atomic mass is 32.2. The minimum Gasteiger partial charge on any atom is -0.390 e. The Morgan fingerprint density at radius 1 is 1.29 bits per heavy atom. The zero-order valence-corrected chi connectivity index (χ0v) is 12.6. The zero-order chi connectivity index (χ0) is 15.6. The van der Waals surface area contributed by atoms with Crippen molar-refractivity contribution in [3.05, 3.63) is 48.0 Å². The topological polar surface area (TPSA) is 62.5 Å². The molecule has 0 aliphatic carbocycles. The standard InChI is InChI=1S/C14H17FN2O3S/c1-3-17-9-14(8-13(17)10-18)21(19,20)16(2)12-6-4-11(15)5-7-12/h4-9,18H,3,10H2,1-2H3. The van der Waals surface area contributed by atoms with Gasteiger partial charge in [0.2, 0.25) is 0 Å². The van der Waals surface area contributed by atoms with E-state index in [0.717, 1.165) is 4.31 Å². The van der Waals surface area contributed by atoms with E-state index < -0.39 is 15.8 Å². The molecule has 0 aliphatic heterocycles. The fourth-order valence-corrected chi connectivity index (χ4v) is 3.30. The summed E-state index contributed by atoms with van der Waals surface area (Å²) in [7, 11) is -2.34. The molecule has 0 saturated heterocycles. The molecule has 7 heteroatoms. The number of rotatable bonds is 5. The van der Waals surface area contributed by atoms with E-state index in [9.17, 15) is 17.9 Å². The average molecular weight is 312 g/mol. The second-order valence-electron chi connectivity index (χ2n) is 4.56. The van der Waals surface area contributed by atoms with Crippen molar-refractivity contribution in [1.29, 1.82) is 0 Å². The lowest BCUT2D eigenvalue weighted by Gasteiger charge is -2.18. The van der Waals surface area contributed by atoms with E-state index in [1.54, 1.807) is 4.57 Å². The summed E-state index contributed by atoms with van der Waals surface area (Å²) in [6, 6.07) is 6.65. The second kappa shape index (κ2) is 5.87. The lowest BCUT2D eigenvalue weighted by atomic mass is 10.3. The van der Waals surface area contributed by atoms with E-state index >= 15 is 0 Å². The first-order valence-electron chi connectivity index (χ1n) is 6.44. The molecule has 0 amide bonds. The first-order chi connectivity index (χ1) is 9.90. The van der Waals surface area contributed by atoms with Gasteiger partial charge in [-0.2, -0.15) is 0 Å². The van der Waals surface area contributed by atoms with E-state index in [4.69, 9.17) is 0 Å². The third-order valence-electron chi connectivity index (χ3n) is 3.31. The first-order valence-corrected chi connectivity index (χ1v) is 7.88. The molecule has 0 unspecified atom stereocenters. The van der Waals surface area contributed by atoms with Gasteiger partial charge in [-0.1, -0.05) is 0 Å². The first kappa shape index (κ1) is 15.5. The maximum atomic E-state index is 12.9. The highest BCUT2D eigenvalue weighted by Crippen LogP contribution is 2.24. The van der Waals surface area contributed by atoms with Crippen LogP contribution in [0.1, 0.15) is 12.6 Å². The van der Waals surface area contributed by atoms with Crippen LogP contribution in [0.4, 0.5) is 10.1 Å². The summed E-state index contributed by atoms with van der Waals surface area (Å²) in [5.74, 6) is -0.427. The smallest absolute Gasteiger partial charge is 0.265 e. The number of benzene rings is 1. The molecule has 0 bridgehead atoms. The van der Waals surface area contributed by atoms with Crippen molar-refractivity contribution in [2.45, 2.75) is 25.0 Å². The van der Waals surface area contributed by atoms with Crippen LogP contribution in [0.25, 0.3) is 0 Å². The number of halogens is 1. The molecule has 0 radical (unpaired) electrons. The molecule has 0 spiro atoms. The molecular weight excluding hydrogens is 295 g/mol. The van der Waals surface area contributed by atoms with Crippen molar-refractivity contribution >= 4 is 15.7 Å². The Balaban J connectivity index is 2.41. The highest BCUT2D eigenvalue weighted by Gasteiger charge is 2.23. The Bertz CT molecular complexity index is 702. The molecule has 1 N–H and O–H groups in total. The van der Waals surface area contributed by atoms with Gasteiger partial charge in [0.05, 0.1) is 12.3 Å². The average Bonchev–Trinajstić information content (AvgIpc) is 2.91. The second-order valence-corrected chi connectivity index (χ2v) is 6.53. The summed E-state index contributed by atoms with van der Waals surface area (Å²) in [6.07, 6.45) is 1.49. The van der Waals surface area contributed by atoms with Gasteiger partial charge in [-0.25, -0.2) is 12.8 Å². The summed E-state index contributed by atoms with van der Waals surface area (Å²) >= 11 is 0. The van der Waals surface area contributed by atoms with E-state index in [-0.39, 0.29) is 11.5 Å². The highest BCUT2D eigenvalue weighted by molar-refractivity contribution is 7.92. The van der Waals surface area contributed by atoms with Crippen molar-refractivity contribution in [3.63, 3.8) is 0 Å². The number of aliphatic hydroxyl groups excluding tert-OH is 1. The van der Waals surface area contributed by atoms with Crippen molar-refractivity contribution in [2.24, 2.45) is 0 Å². The minimum atomic E-state index is -3.75. The Morgan fingerprint density at radius 3 is 2.38 bits per heavy atom. The van der Waals surface area contributed by atoms with Gasteiger partial charge in [0.1, 0.15) is 10.7 Å².